The van der Waals surface area contributed by atoms with Gasteiger partial charge in [0.2, 0.25) is 0 Å². The van der Waals surface area contributed by atoms with Crippen LogP contribution in [0.25, 0.3) is 11.3 Å². The Bertz CT molecular complexity index is 581. The number of aromatic nitrogens is 1. The minimum atomic E-state index is -4.36. The molecular weight excluding hydrogens is 279 g/mol. The first-order valence-corrected chi connectivity index (χ1v) is 5.73. The maximum atomic E-state index is 12.4. The van der Waals surface area contributed by atoms with Gasteiger partial charge < -0.3 is 5.11 Å². The van der Waals surface area contributed by atoms with Crippen LogP contribution in [0.1, 0.15) is 11.1 Å². The Labute approximate surface area is 112 Å². The van der Waals surface area contributed by atoms with Crippen LogP contribution in [-0.4, -0.2) is 10.1 Å². The molecular formula is C13H9ClF3NO. The van der Waals surface area contributed by atoms with Gasteiger partial charge in [0.25, 0.3) is 0 Å². The Morgan fingerprint density at radius 2 is 1.74 bits per heavy atom. The molecule has 0 saturated heterocycles. The van der Waals surface area contributed by atoms with Crippen molar-refractivity contribution in [3.8, 4) is 11.3 Å². The predicted octanol–water partition coefficient (Wildman–Crippen LogP) is 3.91. The molecule has 0 radical (unpaired) electrons. The summed E-state index contributed by atoms with van der Waals surface area (Å²) in [5, 5.41) is 9.23. The van der Waals surface area contributed by atoms with Crippen molar-refractivity contribution in [3.05, 3.63) is 52.7 Å². The maximum absolute atomic E-state index is 12.4. The number of hydrogen-bond acceptors (Lipinski definition) is 2. The van der Waals surface area contributed by atoms with Gasteiger partial charge in [-0.1, -0.05) is 23.7 Å². The quantitative estimate of drug-likeness (QED) is 0.850. The highest BCUT2D eigenvalue weighted by Gasteiger charge is 2.30. The van der Waals surface area contributed by atoms with Crippen LogP contribution in [0, 0.1) is 0 Å². The molecule has 2 aromatic rings. The van der Waals surface area contributed by atoms with Crippen LogP contribution in [0.4, 0.5) is 13.2 Å². The fourth-order valence-corrected chi connectivity index (χ4v) is 1.85. The average molecular weight is 288 g/mol. The van der Waals surface area contributed by atoms with Crippen molar-refractivity contribution in [2.75, 3.05) is 0 Å². The molecule has 1 N–H and O–H groups in total. The van der Waals surface area contributed by atoms with Gasteiger partial charge >= 0.3 is 6.18 Å². The Hall–Kier alpha value is -1.59. The normalized spacial score (nSPS) is 11.6. The minimum Gasteiger partial charge on any atom is -0.392 e. The molecule has 0 aliphatic heterocycles. The number of aliphatic hydroxyl groups is 1. The van der Waals surface area contributed by atoms with Crippen molar-refractivity contribution >= 4 is 11.6 Å². The van der Waals surface area contributed by atoms with Crippen LogP contribution in [-0.2, 0) is 12.8 Å². The van der Waals surface area contributed by atoms with Gasteiger partial charge in [-0.05, 0) is 29.8 Å². The highest BCUT2D eigenvalue weighted by molar-refractivity contribution is 6.29. The number of pyridine rings is 1. The largest absolute Gasteiger partial charge is 0.416 e. The molecule has 1 aromatic carbocycles. The molecule has 0 atom stereocenters. The smallest absolute Gasteiger partial charge is 0.392 e. The molecule has 0 aliphatic carbocycles. The summed E-state index contributed by atoms with van der Waals surface area (Å²) in [6.45, 7) is -0.212. The zero-order valence-corrected chi connectivity index (χ0v) is 10.3. The highest BCUT2D eigenvalue weighted by Crippen LogP contribution is 2.31. The van der Waals surface area contributed by atoms with E-state index in [0.29, 0.717) is 16.8 Å². The van der Waals surface area contributed by atoms with Gasteiger partial charge in [-0.2, -0.15) is 13.2 Å². The van der Waals surface area contributed by atoms with Crippen LogP contribution >= 0.6 is 11.6 Å². The van der Waals surface area contributed by atoms with Crippen LogP contribution < -0.4 is 0 Å². The Balaban J connectivity index is 2.40. The van der Waals surface area contributed by atoms with Gasteiger partial charge in [-0.25, -0.2) is 4.98 Å². The van der Waals surface area contributed by atoms with E-state index in [1.54, 1.807) is 6.07 Å². The van der Waals surface area contributed by atoms with Gasteiger partial charge in [-0.3, -0.25) is 0 Å². The number of nitrogens with zero attached hydrogens (tertiary/aromatic N) is 1. The van der Waals surface area contributed by atoms with E-state index >= 15 is 0 Å². The molecule has 0 aliphatic rings. The first-order chi connectivity index (χ1) is 8.90. The van der Waals surface area contributed by atoms with Crippen molar-refractivity contribution in [3.63, 3.8) is 0 Å². The van der Waals surface area contributed by atoms with E-state index in [1.165, 1.54) is 18.2 Å². The summed E-state index contributed by atoms with van der Waals surface area (Å²) in [7, 11) is 0. The molecule has 2 rings (SSSR count). The van der Waals surface area contributed by atoms with Gasteiger partial charge in [0.15, 0.2) is 0 Å². The van der Waals surface area contributed by atoms with Crippen LogP contribution in [0.15, 0.2) is 36.4 Å². The predicted molar refractivity (Wildman–Crippen MR) is 65.6 cm³/mol. The van der Waals surface area contributed by atoms with E-state index in [2.05, 4.69) is 4.98 Å². The molecule has 100 valence electrons. The SMILES string of the molecule is OCc1cc(Cl)nc(-c2ccc(C(F)(F)F)cc2)c1. The molecule has 19 heavy (non-hydrogen) atoms. The van der Waals surface area contributed by atoms with Crippen molar-refractivity contribution < 1.29 is 18.3 Å². The lowest BCUT2D eigenvalue weighted by Crippen LogP contribution is -2.04. The van der Waals surface area contributed by atoms with Crippen molar-refractivity contribution in [2.45, 2.75) is 12.8 Å². The highest BCUT2D eigenvalue weighted by atomic mass is 35.5. The fraction of sp³-hybridized carbons (Fsp3) is 0.154. The number of halogens is 4. The molecule has 1 heterocycles. The average Bonchev–Trinajstić information content (AvgIpc) is 2.37. The van der Waals surface area contributed by atoms with E-state index in [0.717, 1.165) is 12.1 Å². The van der Waals surface area contributed by atoms with Crippen LogP contribution in [0.3, 0.4) is 0 Å². The van der Waals surface area contributed by atoms with E-state index < -0.39 is 11.7 Å². The zero-order chi connectivity index (χ0) is 14.0. The standard InChI is InChI=1S/C13H9ClF3NO/c14-12-6-8(7-19)5-11(18-12)9-1-3-10(4-2-9)13(15,16)17/h1-6,19H,7H2. The summed E-state index contributed by atoms with van der Waals surface area (Å²) in [5.74, 6) is 0. The molecule has 0 unspecified atom stereocenters. The van der Waals surface area contributed by atoms with Gasteiger partial charge in [-0.15, -0.1) is 0 Å². The molecule has 6 heteroatoms. The second-order valence-corrected chi connectivity index (χ2v) is 4.30. The van der Waals surface area contributed by atoms with E-state index in [1.807, 2.05) is 0 Å². The Morgan fingerprint density at radius 1 is 1.11 bits per heavy atom. The Morgan fingerprint density at radius 3 is 2.26 bits per heavy atom. The summed E-state index contributed by atoms with van der Waals surface area (Å²) in [6.07, 6.45) is -4.36. The number of rotatable bonds is 2. The molecule has 1 aromatic heterocycles. The molecule has 0 spiro atoms. The molecule has 2 nitrogen and oxygen atoms in total. The van der Waals surface area contributed by atoms with Crippen molar-refractivity contribution in [1.29, 1.82) is 0 Å². The number of aliphatic hydroxyl groups excluding tert-OH is 1. The third-order valence-corrected chi connectivity index (χ3v) is 2.74. The maximum Gasteiger partial charge on any atom is 0.416 e. The van der Waals surface area contributed by atoms with E-state index in [9.17, 15) is 13.2 Å². The molecule has 0 amide bonds. The summed E-state index contributed by atoms with van der Waals surface area (Å²) in [6, 6.07) is 7.68. The summed E-state index contributed by atoms with van der Waals surface area (Å²) in [5.41, 5.74) is 0.756. The molecule has 0 bridgehead atoms. The molecule has 0 fully saturated rings. The first kappa shape index (κ1) is 13.8. The minimum absolute atomic E-state index is 0.182. The first-order valence-electron chi connectivity index (χ1n) is 5.35. The topological polar surface area (TPSA) is 33.1 Å². The summed E-state index contributed by atoms with van der Waals surface area (Å²) in [4.78, 5) is 4.02. The lowest BCUT2D eigenvalue weighted by molar-refractivity contribution is -0.137. The number of benzene rings is 1. The number of hydrogen-bond donors (Lipinski definition) is 1. The third-order valence-electron chi connectivity index (χ3n) is 2.54. The summed E-state index contributed by atoms with van der Waals surface area (Å²) >= 11 is 5.78. The van der Waals surface area contributed by atoms with Crippen LogP contribution in [0.5, 0.6) is 0 Å². The van der Waals surface area contributed by atoms with Crippen molar-refractivity contribution in [2.24, 2.45) is 0 Å². The fourth-order valence-electron chi connectivity index (χ4n) is 1.62. The lowest BCUT2D eigenvalue weighted by Gasteiger charge is -2.08. The zero-order valence-electron chi connectivity index (χ0n) is 9.58. The van der Waals surface area contributed by atoms with Crippen molar-refractivity contribution in [1.82, 2.24) is 4.98 Å². The second-order valence-electron chi connectivity index (χ2n) is 3.92. The van der Waals surface area contributed by atoms with Gasteiger partial charge in [0.1, 0.15) is 5.15 Å². The second kappa shape index (κ2) is 5.19. The van der Waals surface area contributed by atoms with Gasteiger partial charge in [0, 0.05) is 5.56 Å². The molecule has 0 saturated carbocycles. The van der Waals surface area contributed by atoms with Gasteiger partial charge in [0.05, 0.1) is 17.9 Å². The monoisotopic (exact) mass is 287 g/mol. The Kier molecular flexibility index (Phi) is 3.78. The summed E-state index contributed by atoms with van der Waals surface area (Å²) < 4.78 is 37.3. The van der Waals surface area contributed by atoms with E-state index in [4.69, 9.17) is 16.7 Å². The van der Waals surface area contributed by atoms with Crippen LogP contribution in [0.2, 0.25) is 5.15 Å². The van der Waals surface area contributed by atoms with E-state index in [-0.39, 0.29) is 11.8 Å². The lowest BCUT2D eigenvalue weighted by atomic mass is 10.1. The third kappa shape index (κ3) is 3.24. The number of alkyl halides is 3.